The molecule has 0 radical (unpaired) electrons. The number of nitrogens with zero attached hydrogens (tertiary/aromatic N) is 3. The van der Waals surface area contributed by atoms with Crippen LogP contribution >= 0.6 is 0 Å². The third-order valence-corrected chi connectivity index (χ3v) is 6.29. The van der Waals surface area contributed by atoms with E-state index in [-0.39, 0.29) is 11.6 Å². The molecule has 0 bridgehead atoms. The molecule has 31 heavy (non-hydrogen) atoms. The number of guanidine groups is 1. The maximum Gasteiger partial charge on any atom is 0.199 e. The molecular formula is C24H27N5O2. The van der Waals surface area contributed by atoms with Crippen molar-refractivity contribution in [1.82, 2.24) is 20.2 Å². The van der Waals surface area contributed by atoms with Gasteiger partial charge in [0.25, 0.3) is 0 Å². The number of rotatable bonds is 4. The second kappa shape index (κ2) is 7.65. The molecule has 160 valence electrons. The van der Waals surface area contributed by atoms with Gasteiger partial charge in [-0.05, 0) is 31.4 Å². The highest BCUT2D eigenvalue weighted by molar-refractivity contribution is 5.84. The van der Waals surface area contributed by atoms with Crippen molar-refractivity contribution >= 4 is 17.0 Å². The Kier molecular flexibility index (Phi) is 4.81. The molecule has 2 aliphatic rings. The van der Waals surface area contributed by atoms with Gasteiger partial charge in [-0.3, -0.25) is 0 Å². The second-order valence-electron chi connectivity index (χ2n) is 8.15. The average molecular weight is 418 g/mol. The first-order valence-corrected chi connectivity index (χ1v) is 10.6. The standard InChI is InChI=1S/C24H27N5O2/c1-24(22-26-18-14-20(30-2)21(31-3)15-19(18)27-22)11-7-13-29(24)23-25-12-10-17(28-23)16-8-5-4-6-9-16/h4-6,8-10,12,14-15,17H,7,11,13H2,1-3H3,(H,25,28)(H,26,27)/t17?,24-/m0/s1. The van der Waals surface area contributed by atoms with E-state index in [0.29, 0.717) is 11.5 Å². The molecule has 1 unspecified atom stereocenters. The van der Waals surface area contributed by atoms with E-state index in [2.05, 4.69) is 52.5 Å². The molecule has 2 aliphatic heterocycles. The summed E-state index contributed by atoms with van der Waals surface area (Å²) in [5.41, 5.74) is 2.68. The minimum absolute atomic E-state index is 0.00601. The van der Waals surface area contributed by atoms with Gasteiger partial charge in [0.05, 0.1) is 36.8 Å². The van der Waals surface area contributed by atoms with Crippen molar-refractivity contribution in [2.75, 3.05) is 20.8 Å². The van der Waals surface area contributed by atoms with Gasteiger partial charge in [0.15, 0.2) is 17.5 Å². The number of nitrogens with one attached hydrogen (secondary N) is 2. The summed E-state index contributed by atoms with van der Waals surface area (Å²) in [4.78, 5) is 15.8. The molecule has 7 heteroatoms. The summed E-state index contributed by atoms with van der Waals surface area (Å²) in [5, 5.41) is 3.37. The smallest absolute Gasteiger partial charge is 0.199 e. The number of aromatic nitrogens is 2. The van der Waals surface area contributed by atoms with Crippen LogP contribution in [0.4, 0.5) is 0 Å². The molecule has 3 aromatic rings. The lowest BCUT2D eigenvalue weighted by Gasteiger charge is -2.37. The minimum Gasteiger partial charge on any atom is -0.493 e. The Hall–Kier alpha value is -3.48. The number of likely N-dealkylation sites (tertiary alicyclic amines) is 1. The number of hydrogen-bond acceptors (Lipinski definition) is 6. The van der Waals surface area contributed by atoms with Crippen LogP contribution in [0.3, 0.4) is 0 Å². The summed E-state index contributed by atoms with van der Waals surface area (Å²) in [7, 11) is 3.28. The summed E-state index contributed by atoms with van der Waals surface area (Å²) >= 11 is 0. The third-order valence-electron chi connectivity index (χ3n) is 6.29. The lowest BCUT2D eigenvalue weighted by Crippen LogP contribution is -2.49. The predicted octanol–water partition coefficient (Wildman–Crippen LogP) is 4.11. The lowest BCUT2D eigenvalue weighted by molar-refractivity contribution is 0.239. The summed E-state index contributed by atoms with van der Waals surface area (Å²) in [6.45, 7) is 3.15. The van der Waals surface area contributed by atoms with Crippen LogP contribution in [0.2, 0.25) is 0 Å². The Bertz CT molecular complexity index is 1110. The summed E-state index contributed by atoms with van der Waals surface area (Å²) in [6, 6.07) is 14.2. The van der Waals surface area contributed by atoms with E-state index in [4.69, 9.17) is 19.5 Å². The van der Waals surface area contributed by atoms with E-state index in [0.717, 1.165) is 42.2 Å². The highest BCUT2D eigenvalue weighted by Crippen LogP contribution is 2.40. The molecule has 5 rings (SSSR count). The molecule has 1 fully saturated rings. The maximum absolute atomic E-state index is 5.45. The molecule has 1 aromatic heterocycles. The topological polar surface area (TPSA) is 74.8 Å². The van der Waals surface area contributed by atoms with E-state index in [9.17, 15) is 0 Å². The number of H-pyrrole nitrogens is 1. The van der Waals surface area contributed by atoms with Gasteiger partial charge in [-0.1, -0.05) is 30.3 Å². The SMILES string of the molecule is COc1cc2nc([C@]3(C)CCCN3C3=NC(c4ccccc4)C=CN3)[nH]c2cc1OC. The monoisotopic (exact) mass is 417 g/mol. The zero-order valence-electron chi connectivity index (χ0n) is 18.1. The molecule has 7 nitrogen and oxygen atoms in total. The predicted molar refractivity (Wildman–Crippen MR) is 121 cm³/mol. The van der Waals surface area contributed by atoms with Crippen LogP contribution in [0.15, 0.2) is 59.7 Å². The van der Waals surface area contributed by atoms with Gasteiger partial charge in [0, 0.05) is 24.9 Å². The highest BCUT2D eigenvalue weighted by atomic mass is 16.5. The minimum atomic E-state index is -0.294. The van der Waals surface area contributed by atoms with Crippen molar-refractivity contribution in [1.29, 1.82) is 0 Å². The van der Waals surface area contributed by atoms with Crippen molar-refractivity contribution in [2.45, 2.75) is 31.3 Å². The quantitative estimate of drug-likeness (QED) is 0.668. The van der Waals surface area contributed by atoms with Crippen molar-refractivity contribution in [3.63, 3.8) is 0 Å². The van der Waals surface area contributed by atoms with Gasteiger partial charge in [-0.25, -0.2) is 9.98 Å². The third kappa shape index (κ3) is 3.30. The molecule has 0 aliphatic carbocycles. The molecule has 3 heterocycles. The number of fused-ring (bicyclic) bond motifs is 1. The van der Waals surface area contributed by atoms with Crippen LogP contribution < -0.4 is 14.8 Å². The molecule has 2 aromatic carbocycles. The Morgan fingerprint density at radius 3 is 2.65 bits per heavy atom. The van der Waals surface area contributed by atoms with E-state index in [1.165, 1.54) is 5.56 Å². The number of aromatic amines is 1. The van der Waals surface area contributed by atoms with Crippen LogP contribution in [0, 0.1) is 0 Å². The fourth-order valence-electron chi connectivity index (χ4n) is 4.55. The Labute approximate surface area is 181 Å². The number of methoxy groups -OCH3 is 2. The Morgan fingerprint density at radius 2 is 1.87 bits per heavy atom. The average Bonchev–Trinajstić information content (AvgIpc) is 3.42. The number of imidazole rings is 1. The highest BCUT2D eigenvalue weighted by Gasteiger charge is 2.43. The van der Waals surface area contributed by atoms with E-state index >= 15 is 0 Å². The molecule has 1 saturated heterocycles. The first-order chi connectivity index (χ1) is 15.1. The fourth-order valence-corrected chi connectivity index (χ4v) is 4.55. The number of benzene rings is 2. The van der Waals surface area contributed by atoms with Gasteiger partial charge >= 0.3 is 0 Å². The number of hydrogen-bond donors (Lipinski definition) is 2. The lowest BCUT2D eigenvalue weighted by atomic mass is 9.98. The maximum atomic E-state index is 5.45. The van der Waals surface area contributed by atoms with Crippen molar-refractivity contribution < 1.29 is 9.47 Å². The molecular weight excluding hydrogens is 390 g/mol. The molecule has 0 spiro atoms. The molecule has 0 amide bonds. The fraction of sp³-hybridized carbons (Fsp3) is 0.333. The number of ether oxygens (including phenoxy) is 2. The van der Waals surface area contributed by atoms with Crippen LogP contribution in [-0.4, -0.2) is 41.6 Å². The molecule has 2 N–H and O–H groups in total. The molecule has 2 atom stereocenters. The van der Waals surface area contributed by atoms with Crippen molar-refractivity contribution in [3.05, 3.63) is 66.1 Å². The Balaban J connectivity index is 1.51. The second-order valence-corrected chi connectivity index (χ2v) is 8.15. The van der Waals surface area contributed by atoms with Crippen molar-refractivity contribution in [2.24, 2.45) is 4.99 Å². The zero-order chi connectivity index (χ0) is 21.4. The largest absolute Gasteiger partial charge is 0.493 e. The van der Waals surface area contributed by atoms with Crippen LogP contribution in [0.5, 0.6) is 11.5 Å². The molecule has 0 saturated carbocycles. The van der Waals surface area contributed by atoms with Gasteiger partial charge in [-0.15, -0.1) is 0 Å². The zero-order valence-corrected chi connectivity index (χ0v) is 18.1. The summed E-state index contributed by atoms with van der Waals surface area (Å²) in [6.07, 6.45) is 6.14. The normalized spacial score (nSPS) is 23.0. The number of aliphatic imine (C=N–C) groups is 1. The van der Waals surface area contributed by atoms with Gasteiger partial charge in [-0.2, -0.15) is 0 Å². The van der Waals surface area contributed by atoms with E-state index < -0.39 is 0 Å². The van der Waals surface area contributed by atoms with Crippen molar-refractivity contribution in [3.8, 4) is 11.5 Å². The van der Waals surface area contributed by atoms with Crippen LogP contribution in [-0.2, 0) is 5.54 Å². The summed E-state index contributed by atoms with van der Waals surface area (Å²) < 4.78 is 10.9. The van der Waals surface area contributed by atoms with Gasteiger partial charge in [0.1, 0.15) is 5.82 Å². The van der Waals surface area contributed by atoms with Gasteiger partial charge in [0.2, 0.25) is 0 Å². The van der Waals surface area contributed by atoms with E-state index in [1.54, 1.807) is 14.2 Å². The van der Waals surface area contributed by atoms with Crippen LogP contribution in [0.25, 0.3) is 11.0 Å². The first kappa shape index (κ1) is 19.5. The van der Waals surface area contributed by atoms with Gasteiger partial charge < -0.3 is 24.7 Å². The summed E-state index contributed by atoms with van der Waals surface area (Å²) in [5.74, 6) is 3.17. The Morgan fingerprint density at radius 1 is 1.10 bits per heavy atom. The first-order valence-electron chi connectivity index (χ1n) is 10.6. The van der Waals surface area contributed by atoms with Crippen LogP contribution in [0.1, 0.15) is 37.2 Å². The van der Waals surface area contributed by atoms with E-state index in [1.807, 2.05) is 24.4 Å².